The van der Waals surface area contributed by atoms with E-state index < -0.39 is 25.0 Å². The Labute approximate surface area is 228 Å². The zero-order valence-corrected chi connectivity index (χ0v) is 29.6. The van der Waals surface area contributed by atoms with E-state index in [0.717, 1.165) is 6.42 Å². The van der Waals surface area contributed by atoms with Gasteiger partial charge in [-0.1, -0.05) is 68.4 Å². The van der Waals surface area contributed by atoms with E-state index in [9.17, 15) is 0 Å². The maximum Gasteiger partial charge on any atom is 0.193 e. The van der Waals surface area contributed by atoms with Gasteiger partial charge in [-0.25, -0.2) is 0 Å². The molecule has 4 nitrogen and oxygen atoms in total. The average Bonchev–Trinajstić information content (AvgIpc) is 2.66. The van der Waals surface area contributed by atoms with Gasteiger partial charge in [0.15, 0.2) is 25.0 Å². The largest absolute Gasteiger partial charge is 0.417 e. The first-order valence-corrected chi connectivity index (χ1v) is 22.3. The standard InChI is InChI=1S/C29H60O4Si3/c1-18-21-25(33-36(16,17)29(9,10)11)26(24(19-2)32-35(14,15)28(6,7)8)30-22-20-23-31-34(12,13)27(3,4)5/h1,19,24-26H,2,20-23H2,3-17H3/t24-,25-,26-/m1/s1. The van der Waals surface area contributed by atoms with Crippen molar-refractivity contribution in [2.45, 2.75) is 148 Å². The van der Waals surface area contributed by atoms with Crippen LogP contribution in [-0.4, -0.2) is 56.5 Å². The van der Waals surface area contributed by atoms with E-state index in [2.05, 4.69) is 114 Å². The zero-order chi connectivity index (χ0) is 28.8. The summed E-state index contributed by atoms with van der Waals surface area (Å²) in [5, 5.41) is 0.319. The Balaban J connectivity index is 5.89. The summed E-state index contributed by atoms with van der Waals surface area (Å²) in [6.07, 6.45) is 8.15. The van der Waals surface area contributed by atoms with Crippen LogP contribution in [0.15, 0.2) is 12.7 Å². The molecule has 0 radical (unpaired) electrons. The predicted molar refractivity (Wildman–Crippen MR) is 165 cm³/mol. The fraction of sp³-hybridized carbons (Fsp3) is 0.862. The van der Waals surface area contributed by atoms with E-state index in [4.69, 9.17) is 24.4 Å². The van der Waals surface area contributed by atoms with Gasteiger partial charge in [-0.3, -0.25) is 0 Å². The van der Waals surface area contributed by atoms with Crippen LogP contribution in [0.1, 0.15) is 75.2 Å². The van der Waals surface area contributed by atoms with Crippen molar-refractivity contribution in [1.29, 1.82) is 0 Å². The molecule has 0 aliphatic heterocycles. The first kappa shape index (κ1) is 35.8. The summed E-state index contributed by atoms with van der Waals surface area (Å²) in [6.45, 7) is 39.3. The lowest BCUT2D eigenvalue weighted by atomic mass is 10.1. The number of terminal acetylenes is 1. The monoisotopic (exact) mass is 556 g/mol. The minimum Gasteiger partial charge on any atom is -0.417 e. The molecule has 0 aliphatic carbocycles. The summed E-state index contributed by atoms with van der Waals surface area (Å²) in [7, 11) is -5.97. The Morgan fingerprint density at radius 1 is 0.750 bits per heavy atom. The van der Waals surface area contributed by atoms with Crippen LogP contribution in [0.25, 0.3) is 0 Å². The third-order valence-corrected chi connectivity index (χ3v) is 22.1. The second-order valence-corrected chi connectivity index (χ2v) is 29.0. The Morgan fingerprint density at radius 3 is 1.58 bits per heavy atom. The molecule has 0 saturated heterocycles. The van der Waals surface area contributed by atoms with Gasteiger partial charge in [0.25, 0.3) is 0 Å². The summed E-state index contributed by atoms with van der Waals surface area (Å²) >= 11 is 0. The van der Waals surface area contributed by atoms with E-state index in [0.29, 0.717) is 19.6 Å². The maximum absolute atomic E-state index is 6.88. The lowest BCUT2D eigenvalue weighted by molar-refractivity contribution is -0.0769. The molecule has 0 aromatic rings. The summed E-state index contributed by atoms with van der Waals surface area (Å²) < 4.78 is 26.7. The fourth-order valence-corrected chi connectivity index (χ4v) is 6.58. The highest BCUT2D eigenvalue weighted by molar-refractivity contribution is 6.75. The molecule has 0 aromatic heterocycles. The minimum absolute atomic E-state index is 0.0609. The van der Waals surface area contributed by atoms with Gasteiger partial charge in [-0.2, -0.15) is 0 Å². The molecule has 0 saturated carbocycles. The molecule has 0 fully saturated rings. The van der Waals surface area contributed by atoms with Crippen molar-refractivity contribution in [2.75, 3.05) is 13.2 Å². The molecule has 0 aromatic carbocycles. The summed E-state index contributed by atoms with van der Waals surface area (Å²) in [5.74, 6) is 2.85. The molecule has 0 N–H and O–H groups in total. The van der Waals surface area contributed by atoms with Crippen LogP contribution in [0.5, 0.6) is 0 Å². The van der Waals surface area contributed by atoms with Gasteiger partial charge in [0, 0.05) is 19.6 Å². The Kier molecular flexibility index (Phi) is 13.2. The molecular weight excluding hydrogens is 497 g/mol. The number of ether oxygens (including phenoxy) is 1. The molecule has 0 unspecified atom stereocenters. The lowest BCUT2D eigenvalue weighted by Gasteiger charge is -2.45. The predicted octanol–water partition coefficient (Wildman–Crippen LogP) is 8.77. The van der Waals surface area contributed by atoms with Crippen LogP contribution in [0.4, 0.5) is 0 Å². The van der Waals surface area contributed by atoms with Crippen LogP contribution >= 0.6 is 0 Å². The first-order valence-electron chi connectivity index (χ1n) is 13.6. The second-order valence-electron chi connectivity index (χ2n) is 14.7. The van der Waals surface area contributed by atoms with Gasteiger partial charge in [0.2, 0.25) is 0 Å². The molecule has 0 heterocycles. The van der Waals surface area contributed by atoms with E-state index in [-0.39, 0.29) is 33.4 Å². The molecule has 0 rings (SSSR count). The number of hydrogen-bond acceptors (Lipinski definition) is 4. The topological polar surface area (TPSA) is 36.9 Å². The van der Waals surface area contributed by atoms with E-state index in [1.807, 2.05) is 6.08 Å². The van der Waals surface area contributed by atoms with Gasteiger partial charge in [-0.05, 0) is 60.8 Å². The fourth-order valence-electron chi connectivity index (χ4n) is 2.90. The smallest absolute Gasteiger partial charge is 0.193 e. The quantitative estimate of drug-likeness (QED) is 0.0927. The van der Waals surface area contributed by atoms with Crippen LogP contribution in [0, 0.1) is 12.3 Å². The van der Waals surface area contributed by atoms with Crippen molar-refractivity contribution in [3.63, 3.8) is 0 Å². The number of hydrogen-bond donors (Lipinski definition) is 0. The van der Waals surface area contributed by atoms with Crippen molar-refractivity contribution >= 4 is 25.0 Å². The Morgan fingerprint density at radius 2 is 1.19 bits per heavy atom. The normalized spacial score (nSPS) is 16.8. The summed E-state index contributed by atoms with van der Waals surface area (Å²) in [5.41, 5.74) is 0. The molecule has 0 amide bonds. The van der Waals surface area contributed by atoms with E-state index in [1.54, 1.807) is 0 Å². The highest BCUT2D eigenvalue weighted by atomic mass is 28.4. The zero-order valence-electron chi connectivity index (χ0n) is 26.6. The SMILES string of the molecule is C#CC[C@@H](O[Si](C)(C)C(C)(C)C)[C@H](OCCCO[Si](C)(C)C(C)(C)C)[C@@H](C=C)O[Si](C)(C)C(C)(C)C. The summed E-state index contributed by atoms with van der Waals surface area (Å²) in [6, 6.07) is 0. The Hall–Kier alpha value is -0.209. The highest BCUT2D eigenvalue weighted by Gasteiger charge is 2.45. The van der Waals surface area contributed by atoms with Gasteiger partial charge in [0.05, 0.1) is 12.2 Å². The van der Waals surface area contributed by atoms with Crippen LogP contribution in [-0.2, 0) is 18.0 Å². The Bertz CT molecular complexity index is 719. The third-order valence-electron chi connectivity index (χ3n) is 8.60. The molecule has 212 valence electrons. The van der Waals surface area contributed by atoms with Crippen LogP contribution in [0.2, 0.25) is 54.4 Å². The van der Waals surface area contributed by atoms with Crippen LogP contribution < -0.4 is 0 Å². The van der Waals surface area contributed by atoms with Crippen molar-refractivity contribution in [3.8, 4) is 12.3 Å². The van der Waals surface area contributed by atoms with Gasteiger partial charge < -0.3 is 18.0 Å². The molecule has 3 atom stereocenters. The second kappa shape index (κ2) is 13.2. The number of rotatable bonds is 14. The summed E-state index contributed by atoms with van der Waals surface area (Å²) in [4.78, 5) is 0. The molecular formula is C29H60O4Si3. The van der Waals surface area contributed by atoms with Crippen molar-refractivity contribution in [1.82, 2.24) is 0 Å². The van der Waals surface area contributed by atoms with Gasteiger partial charge >= 0.3 is 0 Å². The van der Waals surface area contributed by atoms with Crippen molar-refractivity contribution < 1.29 is 18.0 Å². The van der Waals surface area contributed by atoms with Crippen molar-refractivity contribution in [3.05, 3.63) is 12.7 Å². The molecule has 0 bridgehead atoms. The van der Waals surface area contributed by atoms with E-state index in [1.165, 1.54) is 0 Å². The molecule has 0 spiro atoms. The lowest BCUT2D eigenvalue weighted by Crippen LogP contribution is -2.53. The molecule has 0 aliphatic rings. The maximum atomic E-state index is 6.88. The van der Waals surface area contributed by atoms with Gasteiger partial charge in [0.1, 0.15) is 6.10 Å². The average molecular weight is 557 g/mol. The van der Waals surface area contributed by atoms with E-state index >= 15 is 0 Å². The minimum atomic E-state index is -2.10. The first-order chi connectivity index (χ1) is 15.9. The molecule has 36 heavy (non-hydrogen) atoms. The van der Waals surface area contributed by atoms with Gasteiger partial charge in [-0.15, -0.1) is 18.9 Å². The molecule has 7 heteroatoms. The highest BCUT2D eigenvalue weighted by Crippen LogP contribution is 2.41. The third kappa shape index (κ3) is 10.5. The van der Waals surface area contributed by atoms with Crippen LogP contribution in [0.3, 0.4) is 0 Å². The van der Waals surface area contributed by atoms with Crippen molar-refractivity contribution in [2.24, 2.45) is 0 Å².